The molecule has 122 valence electrons. The van der Waals surface area contributed by atoms with Crippen LogP contribution in [0.5, 0.6) is 0 Å². The van der Waals surface area contributed by atoms with Gasteiger partial charge >= 0.3 is 0 Å². The Kier molecular flexibility index (Phi) is 4.48. The van der Waals surface area contributed by atoms with E-state index in [1.54, 1.807) is 17.5 Å². The van der Waals surface area contributed by atoms with Gasteiger partial charge in [0.15, 0.2) is 0 Å². The van der Waals surface area contributed by atoms with Gasteiger partial charge in [-0.05, 0) is 45.7 Å². The fourth-order valence-electron chi connectivity index (χ4n) is 3.13. The maximum atomic E-state index is 12.9. The second kappa shape index (κ2) is 6.40. The molecular weight excluding hydrogens is 306 g/mol. The van der Waals surface area contributed by atoms with Crippen molar-refractivity contribution >= 4 is 17.2 Å². The monoisotopic (exact) mass is 329 g/mol. The van der Waals surface area contributed by atoms with Gasteiger partial charge in [0.05, 0.1) is 16.1 Å². The number of amides is 1. The minimum absolute atomic E-state index is 0.171. The summed E-state index contributed by atoms with van der Waals surface area (Å²) >= 11 is 1.74. The third-order valence-electron chi connectivity index (χ3n) is 4.61. The molecule has 1 amide bonds. The zero-order valence-electron chi connectivity index (χ0n) is 14.0. The van der Waals surface area contributed by atoms with E-state index in [0.29, 0.717) is 5.92 Å². The molecule has 0 N–H and O–H groups in total. The Labute approximate surface area is 141 Å². The van der Waals surface area contributed by atoms with Crippen molar-refractivity contribution in [2.45, 2.75) is 44.9 Å². The molecule has 3 rings (SSSR count). The van der Waals surface area contributed by atoms with Gasteiger partial charge < -0.3 is 4.90 Å². The highest BCUT2D eigenvalue weighted by Gasteiger charge is 2.36. The zero-order valence-corrected chi connectivity index (χ0v) is 14.8. The molecule has 0 unspecified atom stereocenters. The topological polar surface area (TPSA) is 46.1 Å². The Hall–Kier alpha value is -1.75. The number of aryl methyl sites for hydroxylation is 1. The molecule has 0 aromatic carbocycles. The minimum Gasteiger partial charge on any atom is -0.342 e. The predicted molar refractivity (Wildman–Crippen MR) is 92.7 cm³/mol. The first-order valence-corrected chi connectivity index (χ1v) is 8.99. The summed E-state index contributed by atoms with van der Waals surface area (Å²) in [4.78, 5) is 23.9. The number of carbonyl (C=O) groups is 1. The summed E-state index contributed by atoms with van der Waals surface area (Å²) in [7, 11) is 0. The highest BCUT2D eigenvalue weighted by molar-refractivity contribution is 7.09. The maximum Gasteiger partial charge on any atom is 0.234 e. The first-order valence-electron chi connectivity index (χ1n) is 8.11. The van der Waals surface area contributed by atoms with E-state index in [9.17, 15) is 4.79 Å². The van der Waals surface area contributed by atoms with Crippen LogP contribution in [0.3, 0.4) is 0 Å². The quantitative estimate of drug-likeness (QED) is 0.865. The summed E-state index contributed by atoms with van der Waals surface area (Å²) in [6.07, 6.45) is 3.75. The standard InChI is InChI=1S/C18H23N3OS/c1-13-12-23-16(20-13)14-7-10-21(11-8-14)17(22)18(2,3)15-6-4-5-9-19-15/h4-6,9,12,14H,7-8,10-11H2,1-3H3. The number of rotatable bonds is 3. The predicted octanol–water partition coefficient (Wildman–Crippen LogP) is 3.53. The van der Waals surface area contributed by atoms with Crippen molar-refractivity contribution in [3.05, 3.63) is 46.2 Å². The minimum atomic E-state index is -0.578. The van der Waals surface area contributed by atoms with Gasteiger partial charge in [-0.3, -0.25) is 9.78 Å². The van der Waals surface area contributed by atoms with Crippen LogP contribution in [-0.2, 0) is 10.2 Å². The van der Waals surface area contributed by atoms with Crippen LogP contribution in [0.2, 0.25) is 0 Å². The molecule has 0 aliphatic carbocycles. The summed E-state index contributed by atoms with van der Waals surface area (Å²) in [5.41, 5.74) is 1.36. The maximum absolute atomic E-state index is 12.9. The summed E-state index contributed by atoms with van der Waals surface area (Å²) < 4.78 is 0. The number of nitrogens with zero attached hydrogens (tertiary/aromatic N) is 3. The Balaban J connectivity index is 1.66. The molecular formula is C18H23N3OS. The molecule has 4 nitrogen and oxygen atoms in total. The van der Waals surface area contributed by atoms with Gasteiger partial charge in [-0.25, -0.2) is 4.98 Å². The zero-order chi connectivity index (χ0) is 16.4. The van der Waals surface area contributed by atoms with Crippen molar-refractivity contribution in [2.75, 3.05) is 13.1 Å². The highest BCUT2D eigenvalue weighted by atomic mass is 32.1. The number of piperidine rings is 1. The van der Waals surface area contributed by atoms with Gasteiger partial charge in [0.1, 0.15) is 0 Å². The van der Waals surface area contributed by atoms with Crippen molar-refractivity contribution in [1.82, 2.24) is 14.9 Å². The number of likely N-dealkylation sites (tertiary alicyclic amines) is 1. The van der Waals surface area contributed by atoms with Crippen molar-refractivity contribution in [3.63, 3.8) is 0 Å². The van der Waals surface area contributed by atoms with Crippen molar-refractivity contribution in [1.29, 1.82) is 0 Å². The van der Waals surface area contributed by atoms with Crippen LogP contribution in [0.4, 0.5) is 0 Å². The summed E-state index contributed by atoms with van der Waals surface area (Å²) in [5, 5.41) is 3.33. The lowest BCUT2D eigenvalue weighted by molar-refractivity contribution is -0.137. The molecule has 5 heteroatoms. The van der Waals surface area contributed by atoms with Gasteiger partial charge in [0.2, 0.25) is 5.91 Å². The molecule has 0 bridgehead atoms. The van der Waals surface area contributed by atoms with Crippen LogP contribution in [0.15, 0.2) is 29.8 Å². The van der Waals surface area contributed by atoms with E-state index in [-0.39, 0.29) is 5.91 Å². The lowest BCUT2D eigenvalue weighted by atomic mass is 9.85. The number of pyridine rings is 1. The summed E-state index contributed by atoms with van der Waals surface area (Å²) in [6.45, 7) is 7.58. The summed E-state index contributed by atoms with van der Waals surface area (Å²) in [5.74, 6) is 0.667. The number of hydrogen-bond acceptors (Lipinski definition) is 4. The van der Waals surface area contributed by atoms with E-state index < -0.39 is 5.41 Å². The van der Waals surface area contributed by atoms with E-state index in [0.717, 1.165) is 37.3 Å². The van der Waals surface area contributed by atoms with Crippen molar-refractivity contribution in [2.24, 2.45) is 0 Å². The van der Waals surface area contributed by atoms with E-state index in [1.807, 2.05) is 43.9 Å². The smallest absolute Gasteiger partial charge is 0.234 e. The molecule has 1 fully saturated rings. The molecule has 2 aromatic rings. The second-order valence-electron chi connectivity index (χ2n) is 6.73. The van der Waals surface area contributed by atoms with Gasteiger partial charge in [0.25, 0.3) is 0 Å². The van der Waals surface area contributed by atoms with Crippen LogP contribution in [-0.4, -0.2) is 33.9 Å². The van der Waals surface area contributed by atoms with Crippen molar-refractivity contribution < 1.29 is 4.79 Å². The Bertz CT molecular complexity index is 673. The Morgan fingerprint density at radius 2 is 2.04 bits per heavy atom. The first-order chi connectivity index (χ1) is 11.0. The molecule has 0 atom stereocenters. The Morgan fingerprint density at radius 3 is 2.61 bits per heavy atom. The van der Waals surface area contributed by atoms with E-state index in [2.05, 4.69) is 15.3 Å². The van der Waals surface area contributed by atoms with Crippen molar-refractivity contribution in [3.8, 4) is 0 Å². The molecule has 0 spiro atoms. The fraction of sp³-hybridized carbons (Fsp3) is 0.500. The lowest BCUT2D eigenvalue weighted by Gasteiger charge is -2.36. The fourth-order valence-corrected chi connectivity index (χ4v) is 4.10. The van der Waals surface area contributed by atoms with Crippen LogP contribution in [0.1, 0.15) is 49.0 Å². The third-order valence-corrected chi connectivity index (χ3v) is 5.73. The molecule has 1 saturated heterocycles. The number of thiazole rings is 1. The first kappa shape index (κ1) is 16.1. The molecule has 2 aromatic heterocycles. The molecule has 3 heterocycles. The van der Waals surface area contributed by atoms with E-state index in [1.165, 1.54) is 5.01 Å². The van der Waals surface area contributed by atoms with Crippen LogP contribution >= 0.6 is 11.3 Å². The van der Waals surface area contributed by atoms with E-state index >= 15 is 0 Å². The lowest BCUT2D eigenvalue weighted by Crippen LogP contribution is -2.47. The number of aromatic nitrogens is 2. The highest BCUT2D eigenvalue weighted by Crippen LogP contribution is 2.32. The number of hydrogen-bond donors (Lipinski definition) is 0. The van der Waals surface area contributed by atoms with Gasteiger partial charge in [0, 0.05) is 36.3 Å². The molecule has 1 aliphatic rings. The van der Waals surface area contributed by atoms with Crippen LogP contribution in [0.25, 0.3) is 0 Å². The normalized spacial score (nSPS) is 16.6. The largest absolute Gasteiger partial charge is 0.342 e. The third kappa shape index (κ3) is 3.29. The molecule has 0 saturated carbocycles. The van der Waals surface area contributed by atoms with Crippen LogP contribution in [0, 0.1) is 6.92 Å². The molecule has 0 radical (unpaired) electrons. The van der Waals surface area contributed by atoms with Gasteiger partial charge in [-0.1, -0.05) is 6.07 Å². The van der Waals surface area contributed by atoms with Crippen LogP contribution < -0.4 is 0 Å². The van der Waals surface area contributed by atoms with E-state index in [4.69, 9.17) is 0 Å². The van der Waals surface area contributed by atoms with Gasteiger partial charge in [-0.15, -0.1) is 11.3 Å². The average Bonchev–Trinajstić information content (AvgIpc) is 3.01. The summed E-state index contributed by atoms with van der Waals surface area (Å²) in [6, 6.07) is 5.75. The SMILES string of the molecule is Cc1csc(C2CCN(C(=O)C(C)(C)c3ccccn3)CC2)n1. The second-order valence-corrected chi connectivity index (χ2v) is 7.62. The average molecular weight is 329 g/mol. The number of carbonyl (C=O) groups excluding carboxylic acids is 1. The molecule has 23 heavy (non-hydrogen) atoms. The van der Waals surface area contributed by atoms with Gasteiger partial charge in [-0.2, -0.15) is 0 Å². The molecule has 1 aliphatic heterocycles. The Morgan fingerprint density at radius 1 is 1.30 bits per heavy atom.